The maximum atomic E-state index is 11.4. The highest BCUT2D eigenvalue weighted by atomic mass is 127. The molecule has 3 nitrogen and oxygen atoms in total. The second-order valence-corrected chi connectivity index (χ2v) is 5.76. The summed E-state index contributed by atoms with van der Waals surface area (Å²) < 4.78 is 5.33. The number of halogens is 1. The summed E-state index contributed by atoms with van der Waals surface area (Å²) in [4.78, 5) is 11.4. The number of hydrogen-bond donors (Lipinski definition) is 1. The first-order chi connectivity index (χ1) is 7.27. The minimum Gasteiger partial charge on any atom is -0.507 e. The van der Waals surface area contributed by atoms with E-state index in [-0.39, 0.29) is 17.1 Å². The molecular formula is C12H15IO3. The molecule has 1 rings (SSSR count). The van der Waals surface area contributed by atoms with Crippen LogP contribution in [0.3, 0.4) is 0 Å². The molecule has 0 saturated heterocycles. The Labute approximate surface area is 109 Å². The van der Waals surface area contributed by atoms with E-state index in [4.69, 9.17) is 0 Å². The molecule has 1 aromatic carbocycles. The van der Waals surface area contributed by atoms with Crippen molar-refractivity contribution in [1.82, 2.24) is 0 Å². The van der Waals surface area contributed by atoms with E-state index in [1.165, 1.54) is 7.11 Å². The monoisotopic (exact) mass is 334 g/mol. The smallest absolute Gasteiger partial charge is 0.337 e. The molecule has 1 aromatic rings. The molecule has 0 heterocycles. The zero-order valence-electron chi connectivity index (χ0n) is 9.80. The van der Waals surface area contributed by atoms with Gasteiger partial charge >= 0.3 is 5.97 Å². The molecule has 0 aliphatic carbocycles. The van der Waals surface area contributed by atoms with Crippen molar-refractivity contribution in [2.45, 2.75) is 26.2 Å². The first-order valence-electron chi connectivity index (χ1n) is 4.88. The van der Waals surface area contributed by atoms with E-state index in [0.717, 1.165) is 5.56 Å². The molecular weight excluding hydrogens is 319 g/mol. The van der Waals surface area contributed by atoms with Crippen LogP contribution >= 0.6 is 22.6 Å². The topological polar surface area (TPSA) is 46.5 Å². The molecule has 0 aliphatic rings. The largest absolute Gasteiger partial charge is 0.507 e. The zero-order valence-corrected chi connectivity index (χ0v) is 12.0. The molecule has 1 N–H and O–H groups in total. The number of methoxy groups -OCH3 is 1. The van der Waals surface area contributed by atoms with Gasteiger partial charge in [0.05, 0.1) is 16.2 Å². The van der Waals surface area contributed by atoms with Gasteiger partial charge in [-0.1, -0.05) is 20.8 Å². The number of aromatic hydroxyl groups is 1. The van der Waals surface area contributed by atoms with Crippen LogP contribution in [0.5, 0.6) is 5.75 Å². The Morgan fingerprint density at radius 1 is 1.38 bits per heavy atom. The molecule has 0 spiro atoms. The first-order valence-corrected chi connectivity index (χ1v) is 5.96. The van der Waals surface area contributed by atoms with Crippen LogP contribution < -0.4 is 0 Å². The number of hydrogen-bond acceptors (Lipinski definition) is 3. The molecule has 0 atom stereocenters. The van der Waals surface area contributed by atoms with E-state index in [1.54, 1.807) is 12.1 Å². The third-order valence-electron chi connectivity index (χ3n) is 2.29. The molecule has 16 heavy (non-hydrogen) atoms. The van der Waals surface area contributed by atoms with Gasteiger partial charge in [0.15, 0.2) is 0 Å². The number of rotatable bonds is 1. The SMILES string of the molecule is COC(=O)c1cc(I)c(O)c(C(C)(C)C)c1. The maximum Gasteiger partial charge on any atom is 0.337 e. The highest BCUT2D eigenvalue weighted by Gasteiger charge is 2.22. The van der Waals surface area contributed by atoms with Crippen LogP contribution in [-0.2, 0) is 10.2 Å². The van der Waals surface area contributed by atoms with Crippen LogP contribution in [0.25, 0.3) is 0 Å². The molecule has 0 aromatic heterocycles. The molecule has 4 heteroatoms. The van der Waals surface area contributed by atoms with Crippen LogP contribution in [-0.4, -0.2) is 18.2 Å². The van der Waals surface area contributed by atoms with Crippen LogP contribution in [0.1, 0.15) is 36.7 Å². The highest BCUT2D eigenvalue weighted by Crippen LogP contribution is 2.35. The Kier molecular flexibility index (Phi) is 3.83. The number of benzene rings is 1. The summed E-state index contributed by atoms with van der Waals surface area (Å²) in [6, 6.07) is 3.31. The number of phenolic OH excluding ortho intramolecular Hbond substituents is 1. The maximum absolute atomic E-state index is 11.4. The lowest BCUT2D eigenvalue weighted by molar-refractivity contribution is 0.0600. The average Bonchev–Trinajstić information content (AvgIpc) is 2.18. The van der Waals surface area contributed by atoms with E-state index in [9.17, 15) is 9.90 Å². The predicted octanol–water partition coefficient (Wildman–Crippen LogP) is 3.08. The van der Waals surface area contributed by atoms with Gasteiger partial charge in [-0.2, -0.15) is 0 Å². The van der Waals surface area contributed by atoms with Crippen molar-refractivity contribution in [3.8, 4) is 5.75 Å². The lowest BCUT2D eigenvalue weighted by Crippen LogP contribution is -2.14. The van der Waals surface area contributed by atoms with Crippen molar-refractivity contribution >= 4 is 28.6 Å². The fraction of sp³-hybridized carbons (Fsp3) is 0.417. The Balaban J connectivity index is 3.39. The van der Waals surface area contributed by atoms with Crippen LogP contribution in [0, 0.1) is 3.57 Å². The van der Waals surface area contributed by atoms with Gasteiger partial charge in [0.2, 0.25) is 0 Å². The molecule has 0 saturated carbocycles. The fourth-order valence-electron chi connectivity index (χ4n) is 1.41. The van der Waals surface area contributed by atoms with Gasteiger partial charge < -0.3 is 9.84 Å². The molecule has 0 radical (unpaired) electrons. The normalized spacial score (nSPS) is 11.3. The van der Waals surface area contributed by atoms with Crippen molar-refractivity contribution in [3.05, 3.63) is 26.8 Å². The predicted molar refractivity (Wildman–Crippen MR) is 70.9 cm³/mol. The summed E-state index contributed by atoms with van der Waals surface area (Å²) in [7, 11) is 1.35. The molecule has 0 amide bonds. The zero-order chi connectivity index (χ0) is 12.5. The average molecular weight is 334 g/mol. The van der Waals surface area contributed by atoms with E-state index < -0.39 is 0 Å². The van der Waals surface area contributed by atoms with E-state index in [0.29, 0.717) is 9.13 Å². The van der Waals surface area contributed by atoms with Gasteiger partial charge in [-0.05, 0) is 40.1 Å². The summed E-state index contributed by atoms with van der Waals surface area (Å²) in [5.41, 5.74) is 1.00. The third-order valence-corrected chi connectivity index (χ3v) is 3.11. The number of phenols is 1. The summed E-state index contributed by atoms with van der Waals surface area (Å²) >= 11 is 2.01. The van der Waals surface area contributed by atoms with Crippen LogP contribution in [0.4, 0.5) is 0 Å². The van der Waals surface area contributed by atoms with E-state index in [2.05, 4.69) is 4.74 Å². The number of carbonyl (C=O) groups excluding carboxylic acids is 1. The third kappa shape index (κ3) is 2.66. The quantitative estimate of drug-likeness (QED) is 0.634. The lowest BCUT2D eigenvalue weighted by atomic mass is 9.85. The highest BCUT2D eigenvalue weighted by molar-refractivity contribution is 14.1. The number of ether oxygens (including phenoxy) is 1. The van der Waals surface area contributed by atoms with Gasteiger partial charge in [-0.15, -0.1) is 0 Å². The van der Waals surface area contributed by atoms with Gasteiger partial charge in [0, 0.05) is 5.56 Å². The molecule has 0 bridgehead atoms. The van der Waals surface area contributed by atoms with Crippen molar-refractivity contribution in [2.24, 2.45) is 0 Å². The summed E-state index contributed by atoms with van der Waals surface area (Å²) in [5, 5.41) is 9.95. The van der Waals surface area contributed by atoms with Gasteiger partial charge in [-0.3, -0.25) is 0 Å². The van der Waals surface area contributed by atoms with Crippen molar-refractivity contribution in [3.63, 3.8) is 0 Å². The minimum absolute atomic E-state index is 0.214. The lowest BCUT2D eigenvalue weighted by Gasteiger charge is -2.21. The summed E-state index contributed by atoms with van der Waals surface area (Å²) in [6.45, 7) is 5.96. The first kappa shape index (κ1) is 13.3. The second kappa shape index (κ2) is 4.61. The second-order valence-electron chi connectivity index (χ2n) is 4.60. The Morgan fingerprint density at radius 3 is 2.38 bits per heavy atom. The van der Waals surface area contributed by atoms with Crippen LogP contribution in [0.15, 0.2) is 12.1 Å². The van der Waals surface area contributed by atoms with Crippen LogP contribution in [0.2, 0.25) is 0 Å². The van der Waals surface area contributed by atoms with Crippen molar-refractivity contribution in [1.29, 1.82) is 0 Å². The molecule has 88 valence electrons. The Morgan fingerprint density at radius 2 is 1.94 bits per heavy atom. The van der Waals surface area contributed by atoms with Crippen molar-refractivity contribution < 1.29 is 14.6 Å². The molecule has 0 unspecified atom stereocenters. The Bertz CT molecular complexity index is 419. The molecule has 0 fully saturated rings. The van der Waals surface area contributed by atoms with Crippen molar-refractivity contribution in [2.75, 3.05) is 7.11 Å². The van der Waals surface area contributed by atoms with E-state index >= 15 is 0 Å². The van der Waals surface area contributed by atoms with Gasteiger partial charge in [0.1, 0.15) is 5.75 Å². The van der Waals surface area contributed by atoms with Gasteiger partial charge in [0.25, 0.3) is 0 Å². The minimum atomic E-state index is -0.386. The summed E-state index contributed by atoms with van der Waals surface area (Å²) in [6.07, 6.45) is 0. The number of carbonyl (C=O) groups is 1. The summed E-state index contributed by atoms with van der Waals surface area (Å²) in [5.74, 6) is -0.149. The Hall–Kier alpha value is -0.780. The van der Waals surface area contributed by atoms with Gasteiger partial charge in [-0.25, -0.2) is 4.79 Å². The fourth-order valence-corrected chi connectivity index (χ4v) is 2.03. The van der Waals surface area contributed by atoms with E-state index in [1.807, 2.05) is 43.4 Å². The molecule has 0 aliphatic heterocycles. The standard InChI is InChI=1S/C12H15IO3/c1-12(2,3)8-5-7(11(15)16-4)6-9(13)10(8)14/h5-6,14H,1-4H3. The number of esters is 1.